The molecule has 198 valence electrons. The van der Waals surface area contributed by atoms with Gasteiger partial charge in [0.1, 0.15) is 22.9 Å². The normalized spacial score (nSPS) is 18.3. The number of fused-ring (bicyclic) bond motifs is 3. The maximum Gasteiger partial charge on any atom is 0.229 e. The molecule has 0 aliphatic carbocycles. The number of pyridine rings is 1. The molecule has 1 N–H and O–H groups in total. The lowest BCUT2D eigenvalue weighted by Crippen LogP contribution is -2.42. The van der Waals surface area contributed by atoms with Crippen molar-refractivity contribution in [3.05, 3.63) is 54.1 Å². The molecule has 0 spiro atoms. The average molecular weight is 519 g/mol. The van der Waals surface area contributed by atoms with Gasteiger partial charge in [-0.3, -0.25) is 0 Å². The quantitative estimate of drug-likeness (QED) is 0.382. The molecule has 2 aliphatic rings. The topological polar surface area (TPSA) is 75.0 Å². The van der Waals surface area contributed by atoms with Crippen molar-refractivity contribution in [3.8, 4) is 11.3 Å². The molecular weight excluding hydrogens is 486 g/mol. The molecule has 0 saturated carbocycles. The molecule has 1 unspecified atom stereocenters. The third-order valence-corrected chi connectivity index (χ3v) is 7.85. The largest absolute Gasteiger partial charge is 0.370 e. The molecule has 1 saturated heterocycles. The molecular formula is C28H32F2N8. The Morgan fingerprint density at radius 2 is 1.79 bits per heavy atom. The molecule has 10 heteroatoms. The summed E-state index contributed by atoms with van der Waals surface area (Å²) in [6, 6.07) is 7.78. The van der Waals surface area contributed by atoms with Gasteiger partial charge in [0, 0.05) is 37.2 Å². The second-order valence-electron chi connectivity index (χ2n) is 10.6. The Balaban J connectivity index is 1.24. The highest BCUT2D eigenvalue weighted by molar-refractivity contribution is 5.83. The van der Waals surface area contributed by atoms with Gasteiger partial charge in [0.2, 0.25) is 5.95 Å². The molecule has 8 nitrogen and oxygen atoms in total. The molecule has 6 rings (SSSR count). The molecule has 4 aromatic rings. The van der Waals surface area contributed by atoms with Crippen LogP contribution >= 0.6 is 0 Å². The Labute approximate surface area is 220 Å². The van der Waals surface area contributed by atoms with Crippen molar-refractivity contribution < 1.29 is 8.78 Å². The molecule has 3 aromatic heterocycles. The van der Waals surface area contributed by atoms with E-state index in [1.165, 1.54) is 6.07 Å². The summed E-state index contributed by atoms with van der Waals surface area (Å²) >= 11 is 0. The van der Waals surface area contributed by atoms with Crippen molar-refractivity contribution >= 4 is 28.5 Å². The van der Waals surface area contributed by atoms with Gasteiger partial charge in [-0.15, -0.1) is 0 Å². The van der Waals surface area contributed by atoms with E-state index >= 15 is 4.39 Å². The Bertz CT molecular complexity index is 1460. The Morgan fingerprint density at radius 3 is 2.53 bits per heavy atom. The van der Waals surface area contributed by atoms with Gasteiger partial charge >= 0.3 is 0 Å². The summed E-state index contributed by atoms with van der Waals surface area (Å²) in [6.45, 7) is 4.08. The first-order chi connectivity index (χ1) is 18.4. The van der Waals surface area contributed by atoms with Gasteiger partial charge in [-0.1, -0.05) is 0 Å². The van der Waals surface area contributed by atoms with E-state index in [2.05, 4.69) is 60.6 Å². The number of aromatic nitrogens is 5. The smallest absolute Gasteiger partial charge is 0.229 e. The molecule has 0 amide bonds. The van der Waals surface area contributed by atoms with Crippen molar-refractivity contribution in [2.45, 2.75) is 51.1 Å². The van der Waals surface area contributed by atoms with E-state index in [-0.39, 0.29) is 17.7 Å². The number of piperidine rings is 1. The summed E-state index contributed by atoms with van der Waals surface area (Å²) in [6.07, 6.45) is 8.00. The van der Waals surface area contributed by atoms with E-state index < -0.39 is 11.6 Å². The van der Waals surface area contributed by atoms with Crippen molar-refractivity contribution in [2.24, 2.45) is 0 Å². The van der Waals surface area contributed by atoms with Crippen LogP contribution in [0.1, 0.15) is 44.5 Å². The van der Waals surface area contributed by atoms with Crippen molar-refractivity contribution in [1.82, 2.24) is 29.4 Å². The minimum atomic E-state index is -0.620. The molecule has 1 atom stereocenters. The standard InChI is InChI=1S/C28H32F2N8/c1-17-5-4-6-25-34-27-21(29)13-18(14-23(27)38(17)25)26-22(30)16-32-28(35-26)33-24-8-7-20(15-31-24)37-11-9-19(10-12-37)36(2)3/h7-8,13-17,19H,4-6,9-12H2,1-3H3,(H,31,32,33,35). The highest BCUT2D eigenvalue weighted by atomic mass is 19.1. The van der Waals surface area contributed by atoms with Crippen LogP contribution in [0.4, 0.5) is 26.2 Å². The van der Waals surface area contributed by atoms with Crippen LogP contribution in [0.15, 0.2) is 36.7 Å². The molecule has 0 radical (unpaired) electrons. The van der Waals surface area contributed by atoms with Crippen LogP contribution in [0, 0.1) is 11.6 Å². The van der Waals surface area contributed by atoms with Crippen LogP contribution in [0.2, 0.25) is 0 Å². The zero-order valence-electron chi connectivity index (χ0n) is 22.0. The predicted molar refractivity (Wildman–Crippen MR) is 145 cm³/mol. The van der Waals surface area contributed by atoms with E-state index in [0.29, 0.717) is 28.5 Å². The highest BCUT2D eigenvalue weighted by Crippen LogP contribution is 2.34. The fourth-order valence-corrected chi connectivity index (χ4v) is 5.72. The summed E-state index contributed by atoms with van der Waals surface area (Å²) in [5.74, 6) is 0.514. The number of imidazole rings is 1. The van der Waals surface area contributed by atoms with Gasteiger partial charge in [-0.05, 0) is 71.0 Å². The molecule has 38 heavy (non-hydrogen) atoms. The van der Waals surface area contributed by atoms with Crippen molar-refractivity contribution in [2.75, 3.05) is 37.4 Å². The first-order valence-electron chi connectivity index (χ1n) is 13.2. The Morgan fingerprint density at radius 1 is 0.974 bits per heavy atom. The van der Waals surface area contributed by atoms with Gasteiger partial charge in [-0.2, -0.15) is 0 Å². The summed E-state index contributed by atoms with van der Waals surface area (Å²) in [5.41, 5.74) is 2.43. The van der Waals surface area contributed by atoms with Gasteiger partial charge in [-0.25, -0.2) is 28.7 Å². The lowest BCUT2D eigenvalue weighted by molar-refractivity contribution is 0.249. The summed E-state index contributed by atoms with van der Waals surface area (Å²) in [4.78, 5) is 22.2. The number of hydrogen-bond donors (Lipinski definition) is 1. The predicted octanol–water partition coefficient (Wildman–Crippen LogP) is 5.34. The summed E-state index contributed by atoms with van der Waals surface area (Å²) < 4.78 is 32.1. The van der Waals surface area contributed by atoms with E-state index in [1.54, 1.807) is 6.07 Å². The minimum Gasteiger partial charge on any atom is -0.370 e. The van der Waals surface area contributed by atoms with E-state index in [1.807, 2.05) is 18.3 Å². The number of anilines is 3. The third-order valence-electron chi connectivity index (χ3n) is 7.85. The molecule has 5 heterocycles. The lowest BCUT2D eigenvalue weighted by Gasteiger charge is -2.36. The second kappa shape index (κ2) is 9.90. The minimum absolute atomic E-state index is 0.0303. The number of nitrogens with one attached hydrogen (secondary N) is 1. The number of hydrogen-bond acceptors (Lipinski definition) is 7. The molecule has 1 fully saturated rings. The number of aryl methyl sites for hydroxylation is 1. The zero-order chi connectivity index (χ0) is 26.4. The maximum absolute atomic E-state index is 15.1. The van der Waals surface area contributed by atoms with E-state index in [9.17, 15) is 4.39 Å². The molecule has 0 bridgehead atoms. The fraction of sp³-hybridized carbons (Fsp3) is 0.429. The SMILES string of the molecule is CC1CCCc2nc3c(F)cc(-c4nc(Nc5ccc(N6CCC(N(C)C)CC6)cn5)ncc4F)cc3n21. The van der Waals surface area contributed by atoms with Crippen LogP contribution in [-0.4, -0.2) is 62.6 Å². The zero-order valence-corrected chi connectivity index (χ0v) is 22.0. The first-order valence-corrected chi connectivity index (χ1v) is 13.2. The van der Waals surface area contributed by atoms with E-state index in [4.69, 9.17) is 0 Å². The maximum atomic E-state index is 15.1. The molecule has 1 aromatic carbocycles. The van der Waals surface area contributed by atoms with Crippen molar-refractivity contribution in [3.63, 3.8) is 0 Å². The molecule has 2 aliphatic heterocycles. The van der Waals surface area contributed by atoms with Gasteiger partial charge in [0.05, 0.1) is 23.6 Å². The van der Waals surface area contributed by atoms with Crippen LogP contribution < -0.4 is 10.2 Å². The van der Waals surface area contributed by atoms with Gasteiger partial charge in [0.25, 0.3) is 0 Å². The average Bonchev–Trinajstić information content (AvgIpc) is 3.31. The summed E-state index contributed by atoms with van der Waals surface area (Å²) in [7, 11) is 4.26. The monoisotopic (exact) mass is 518 g/mol. The highest BCUT2D eigenvalue weighted by Gasteiger charge is 2.24. The van der Waals surface area contributed by atoms with Gasteiger partial charge in [0.15, 0.2) is 11.6 Å². The number of halogens is 2. The van der Waals surface area contributed by atoms with E-state index in [0.717, 1.165) is 62.9 Å². The summed E-state index contributed by atoms with van der Waals surface area (Å²) in [5, 5.41) is 3.06. The van der Waals surface area contributed by atoms with Crippen LogP contribution in [-0.2, 0) is 6.42 Å². The number of benzene rings is 1. The fourth-order valence-electron chi connectivity index (χ4n) is 5.72. The lowest BCUT2D eigenvalue weighted by atomic mass is 10.0. The first kappa shape index (κ1) is 24.7. The number of rotatable bonds is 5. The third kappa shape index (κ3) is 4.57. The van der Waals surface area contributed by atoms with Crippen LogP contribution in [0.25, 0.3) is 22.3 Å². The van der Waals surface area contributed by atoms with Crippen LogP contribution in [0.5, 0.6) is 0 Å². The number of nitrogens with zero attached hydrogens (tertiary/aromatic N) is 7. The Hall–Kier alpha value is -3.66. The van der Waals surface area contributed by atoms with Gasteiger partial charge < -0.3 is 19.7 Å². The van der Waals surface area contributed by atoms with Crippen molar-refractivity contribution in [1.29, 1.82) is 0 Å². The second-order valence-corrected chi connectivity index (χ2v) is 10.6. The Kier molecular flexibility index (Phi) is 6.43. The van der Waals surface area contributed by atoms with Crippen LogP contribution in [0.3, 0.4) is 0 Å².